The van der Waals surface area contributed by atoms with Crippen LogP contribution in [0.25, 0.3) is 22.0 Å². The number of aliphatic hydroxyl groups is 1. The van der Waals surface area contributed by atoms with E-state index >= 15 is 0 Å². The minimum atomic E-state index is -4.54. The monoisotopic (exact) mass is 461 g/mol. The maximum Gasteiger partial charge on any atom is 0.416 e. The second-order valence-corrected chi connectivity index (χ2v) is 8.60. The summed E-state index contributed by atoms with van der Waals surface area (Å²) < 4.78 is 45.4. The molecule has 0 spiro atoms. The van der Waals surface area contributed by atoms with Gasteiger partial charge in [0.2, 0.25) is 0 Å². The number of methoxy groups -OCH3 is 1. The van der Waals surface area contributed by atoms with Crippen molar-refractivity contribution in [3.63, 3.8) is 0 Å². The van der Waals surface area contributed by atoms with Crippen molar-refractivity contribution in [1.29, 1.82) is 0 Å². The van der Waals surface area contributed by atoms with Crippen LogP contribution in [-0.2, 0) is 6.18 Å². The Morgan fingerprint density at radius 2 is 1.97 bits per heavy atom. The van der Waals surface area contributed by atoms with E-state index in [0.717, 1.165) is 23.9 Å². The first-order chi connectivity index (χ1) is 13.8. The van der Waals surface area contributed by atoms with Crippen molar-refractivity contribution < 1.29 is 23.0 Å². The molecule has 2 aromatic carbocycles. The molecule has 0 unspecified atom stereocenters. The van der Waals surface area contributed by atoms with Gasteiger partial charge < -0.3 is 14.8 Å². The minimum Gasteiger partial charge on any atom is -0.496 e. The third-order valence-electron chi connectivity index (χ3n) is 4.11. The van der Waals surface area contributed by atoms with E-state index in [0.29, 0.717) is 27.0 Å². The third-order valence-corrected chi connectivity index (χ3v) is 6.34. The van der Waals surface area contributed by atoms with Gasteiger partial charge in [-0.2, -0.15) is 13.2 Å². The number of benzene rings is 2. The van der Waals surface area contributed by atoms with Crippen LogP contribution in [0.1, 0.15) is 5.56 Å². The van der Waals surface area contributed by atoms with Crippen LogP contribution in [0, 0.1) is 0 Å². The Morgan fingerprint density at radius 3 is 2.62 bits per heavy atom. The highest BCUT2D eigenvalue weighted by molar-refractivity contribution is 8.15. The van der Waals surface area contributed by atoms with E-state index in [1.165, 1.54) is 24.9 Å². The number of H-pyrrole nitrogens is 1. The highest BCUT2D eigenvalue weighted by atomic mass is 35.5. The average molecular weight is 462 g/mol. The quantitative estimate of drug-likeness (QED) is 0.284. The molecule has 0 bridgehead atoms. The summed E-state index contributed by atoms with van der Waals surface area (Å²) in [6, 6.07) is 7.90. The van der Waals surface area contributed by atoms with E-state index in [2.05, 4.69) is 4.98 Å². The molecule has 1 aromatic heterocycles. The van der Waals surface area contributed by atoms with Crippen LogP contribution in [0.15, 0.2) is 46.1 Å². The van der Waals surface area contributed by atoms with E-state index in [-0.39, 0.29) is 21.7 Å². The van der Waals surface area contributed by atoms with Crippen LogP contribution in [0.3, 0.4) is 0 Å². The molecule has 1 heterocycles. The first-order valence-electron chi connectivity index (χ1n) is 8.18. The number of nitrogens with one attached hydrogen (secondary N) is 1. The highest BCUT2D eigenvalue weighted by Crippen LogP contribution is 2.42. The summed E-state index contributed by atoms with van der Waals surface area (Å²) in [7, 11) is 1.43. The number of fused-ring (bicyclic) bond motifs is 1. The largest absolute Gasteiger partial charge is 0.496 e. The third kappa shape index (κ3) is 4.69. The molecule has 2 N–H and O–H groups in total. The van der Waals surface area contributed by atoms with Gasteiger partial charge in [0.25, 0.3) is 5.56 Å². The number of alkyl halides is 3. The molecule has 0 aliphatic rings. The number of hydrogen-bond acceptors (Lipinski definition) is 5. The predicted octanol–water partition coefficient (Wildman–Crippen LogP) is 5.61. The molecule has 0 saturated heterocycles. The summed E-state index contributed by atoms with van der Waals surface area (Å²) in [5.41, 5.74) is -0.304. The normalized spacial score (nSPS) is 11.8. The number of rotatable bonds is 6. The van der Waals surface area contributed by atoms with Gasteiger partial charge in [-0.1, -0.05) is 11.6 Å². The number of ether oxygens (including phenoxy) is 1. The molecule has 10 heteroatoms. The maximum atomic E-state index is 13.3. The summed E-state index contributed by atoms with van der Waals surface area (Å²) in [6.45, 7) is 0. The van der Waals surface area contributed by atoms with Crippen molar-refractivity contribution in [2.75, 3.05) is 18.1 Å². The molecule has 0 radical (unpaired) electrons. The van der Waals surface area contributed by atoms with Crippen molar-refractivity contribution in [1.82, 2.24) is 4.98 Å². The molecule has 0 fully saturated rings. The summed E-state index contributed by atoms with van der Waals surface area (Å²) in [6.07, 6.45) is -4.54. The zero-order valence-electron chi connectivity index (χ0n) is 15.0. The molecule has 0 aliphatic carbocycles. The molecular formula is C19H15ClF3NO3S2. The van der Waals surface area contributed by atoms with Gasteiger partial charge in [0.1, 0.15) is 5.75 Å². The molecular weight excluding hydrogens is 447 g/mol. The second-order valence-electron chi connectivity index (χ2n) is 5.86. The Balaban J connectivity index is 2.40. The molecule has 0 saturated carbocycles. The van der Waals surface area contributed by atoms with Gasteiger partial charge in [-0.15, -0.1) is 23.5 Å². The first kappa shape index (κ1) is 21.9. The zero-order chi connectivity index (χ0) is 21.2. The maximum absolute atomic E-state index is 13.3. The van der Waals surface area contributed by atoms with E-state index in [1.807, 2.05) is 0 Å². The highest BCUT2D eigenvalue weighted by Gasteiger charge is 2.31. The van der Waals surface area contributed by atoms with Crippen LogP contribution in [-0.4, -0.2) is 28.2 Å². The topological polar surface area (TPSA) is 62.3 Å². The molecule has 29 heavy (non-hydrogen) atoms. The van der Waals surface area contributed by atoms with E-state index in [1.54, 1.807) is 18.2 Å². The van der Waals surface area contributed by atoms with Crippen molar-refractivity contribution in [3.8, 4) is 16.9 Å². The predicted molar refractivity (Wildman–Crippen MR) is 112 cm³/mol. The lowest BCUT2D eigenvalue weighted by atomic mass is 9.98. The SMILES string of the molecule is COc1ccc(Cl)cc1-c1c(SCSCO)c(=O)[nH]c2ccc(C(F)(F)F)cc12. The fourth-order valence-corrected chi connectivity index (χ4v) is 4.69. The summed E-state index contributed by atoms with van der Waals surface area (Å²) in [5.74, 6) is 0.224. The van der Waals surface area contributed by atoms with Gasteiger partial charge >= 0.3 is 6.18 Å². The number of aromatic amines is 1. The molecule has 4 nitrogen and oxygen atoms in total. The molecule has 154 valence electrons. The van der Waals surface area contributed by atoms with Crippen molar-refractivity contribution >= 4 is 46.0 Å². The number of pyridine rings is 1. The van der Waals surface area contributed by atoms with Gasteiger partial charge in [0, 0.05) is 32.1 Å². The van der Waals surface area contributed by atoms with E-state index in [9.17, 15) is 18.0 Å². The standard InChI is InChI=1S/C19H15ClF3NO3S2/c1-27-15-5-3-11(20)7-13(15)16-12-6-10(19(21,22)23)2-4-14(12)24-18(26)17(16)29-9-28-8-25/h2-7,25H,8-9H2,1H3,(H,24,26). The molecule has 3 aromatic rings. The summed E-state index contributed by atoms with van der Waals surface area (Å²) in [4.78, 5) is 15.6. The Bertz CT molecular complexity index is 1100. The smallest absolute Gasteiger partial charge is 0.416 e. The molecule has 0 aliphatic heterocycles. The Kier molecular flexibility index (Phi) is 6.72. The number of halogens is 4. The van der Waals surface area contributed by atoms with Crippen LogP contribution in [0.4, 0.5) is 13.2 Å². The van der Waals surface area contributed by atoms with Crippen LogP contribution in [0.2, 0.25) is 5.02 Å². The van der Waals surface area contributed by atoms with E-state index in [4.69, 9.17) is 21.4 Å². The molecule has 0 atom stereocenters. The minimum absolute atomic E-state index is 0.146. The fraction of sp³-hybridized carbons (Fsp3) is 0.211. The number of thioether (sulfide) groups is 2. The van der Waals surface area contributed by atoms with Gasteiger partial charge in [-0.3, -0.25) is 4.79 Å². The Morgan fingerprint density at radius 1 is 1.21 bits per heavy atom. The van der Waals surface area contributed by atoms with Gasteiger partial charge in [0.05, 0.1) is 23.5 Å². The average Bonchev–Trinajstić information content (AvgIpc) is 2.67. The summed E-state index contributed by atoms with van der Waals surface area (Å²) >= 11 is 8.43. The van der Waals surface area contributed by atoms with Crippen LogP contribution < -0.4 is 10.3 Å². The Hall–Kier alpha value is -1.81. The van der Waals surface area contributed by atoms with Crippen molar-refractivity contribution in [3.05, 3.63) is 57.3 Å². The molecule has 3 rings (SSSR count). The van der Waals surface area contributed by atoms with Crippen molar-refractivity contribution in [2.45, 2.75) is 11.1 Å². The second kappa shape index (κ2) is 8.91. The lowest BCUT2D eigenvalue weighted by Gasteiger charge is -2.17. The first-order valence-corrected chi connectivity index (χ1v) is 10.7. The van der Waals surface area contributed by atoms with Gasteiger partial charge in [0.15, 0.2) is 0 Å². The van der Waals surface area contributed by atoms with Gasteiger partial charge in [-0.25, -0.2) is 0 Å². The van der Waals surface area contributed by atoms with Crippen molar-refractivity contribution in [2.24, 2.45) is 0 Å². The molecule has 0 amide bonds. The van der Waals surface area contributed by atoms with Crippen LogP contribution >= 0.6 is 35.1 Å². The Labute approximate surface area is 177 Å². The lowest BCUT2D eigenvalue weighted by molar-refractivity contribution is -0.137. The fourth-order valence-electron chi connectivity index (χ4n) is 2.87. The van der Waals surface area contributed by atoms with Crippen LogP contribution in [0.5, 0.6) is 5.75 Å². The number of aliphatic hydroxyl groups excluding tert-OH is 1. The van der Waals surface area contributed by atoms with Gasteiger partial charge in [-0.05, 0) is 36.4 Å². The lowest BCUT2D eigenvalue weighted by Crippen LogP contribution is -2.12. The number of hydrogen-bond donors (Lipinski definition) is 2. The van der Waals surface area contributed by atoms with E-state index < -0.39 is 17.3 Å². The summed E-state index contributed by atoms with van der Waals surface area (Å²) in [5, 5.41) is 9.92. The zero-order valence-corrected chi connectivity index (χ0v) is 17.4. The number of aromatic nitrogens is 1.